The minimum absolute atomic E-state index is 0. The number of nitrogens with one attached hydrogen (secondary N) is 2. The molecule has 31 heavy (non-hydrogen) atoms. The van der Waals surface area contributed by atoms with Gasteiger partial charge in [0.05, 0.1) is 6.26 Å². The van der Waals surface area contributed by atoms with Gasteiger partial charge in [-0.15, -0.1) is 24.0 Å². The fraction of sp³-hybridized carbons (Fsp3) is 0.478. The number of rotatable bonds is 11. The molecule has 0 saturated carbocycles. The van der Waals surface area contributed by atoms with Gasteiger partial charge in [0.15, 0.2) is 5.96 Å². The van der Waals surface area contributed by atoms with Gasteiger partial charge in [0, 0.05) is 46.2 Å². The smallest absolute Gasteiger partial charge is 0.243 e. The monoisotopic (exact) mass is 541 g/mol. The van der Waals surface area contributed by atoms with Gasteiger partial charge < -0.3 is 20.0 Å². The highest BCUT2D eigenvalue weighted by molar-refractivity contribution is 14.0. The first-order valence-corrected chi connectivity index (χ1v) is 10.4. The molecule has 1 aromatic heterocycles. The molecule has 1 atom stereocenters. The van der Waals surface area contributed by atoms with Crippen LogP contribution >= 0.6 is 24.0 Å². The van der Waals surface area contributed by atoms with Gasteiger partial charge >= 0.3 is 0 Å². The van der Waals surface area contributed by atoms with Crippen LogP contribution in [0, 0.1) is 0 Å². The second-order valence-electron chi connectivity index (χ2n) is 7.67. The summed E-state index contributed by atoms with van der Waals surface area (Å²) >= 11 is 0. The van der Waals surface area contributed by atoms with Gasteiger partial charge in [0.25, 0.3) is 0 Å². The van der Waals surface area contributed by atoms with Gasteiger partial charge in [-0.05, 0) is 38.1 Å². The quantitative estimate of drug-likeness (QED) is 0.260. The molecule has 1 unspecified atom stereocenters. The van der Waals surface area contributed by atoms with Crippen molar-refractivity contribution in [1.29, 1.82) is 0 Å². The van der Waals surface area contributed by atoms with E-state index in [9.17, 15) is 4.79 Å². The summed E-state index contributed by atoms with van der Waals surface area (Å²) < 4.78 is 5.37. The Morgan fingerprint density at radius 2 is 1.77 bits per heavy atom. The Morgan fingerprint density at radius 3 is 2.42 bits per heavy atom. The van der Waals surface area contributed by atoms with Crippen molar-refractivity contribution >= 4 is 35.8 Å². The number of hydrogen-bond acceptors (Lipinski definition) is 4. The third-order valence-electron chi connectivity index (χ3n) is 5.00. The highest BCUT2D eigenvalue weighted by atomic mass is 127. The summed E-state index contributed by atoms with van der Waals surface area (Å²) in [5.74, 6) is 1.54. The Kier molecular flexibility index (Phi) is 12.9. The standard InChI is InChI=1S/C23H35N5O2.HI/c1-19(28(4)18-20-9-6-5-7-10-20)12-14-24-23(26-17-22(29)27(2)3)25-15-13-21-11-8-16-30-21;/h5-11,16,19H,12-15,17-18H2,1-4H3,(H2,24,25,26);1H. The zero-order chi connectivity index (χ0) is 21.8. The van der Waals surface area contributed by atoms with E-state index >= 15 is 0 Å². The van der Waals surface area contributed by atoms with E-state index in [0.717, 1.165) is 31.7 Å². The molecule has 172 valence electrons. The first-order valence-electron chi connectivity index (χ1n) is 10.4. The molecule has 0 aliphatic rings. The number of hydrogen-bond donors (Lipinski definition) is 2. The average Bonchev–Trinajstić information content (AvgIpc) is 3.25. The molecule has 0 spiro atoms. The van der Waals surface area contributed by atoms with Crippen LogP contribution in [0.1, 0.15) is 24.7 Å². The topological polar surface area (TPSA) is 73.1 Å². The number of nitrogens with zero attached hydrogens (tertiary/aromatic N) is 3. The highest BCUT2D eigenvalue weighted by Gasteiger charge is 2.10. The van der Waals surface area contributed by atoms with Gasteiger partial charge in [-0.3, -0.25) is 9.69 Å². The fourth-order valence-electron chi connectivity index (χ4n) is 2.87. The van der Waals surface area contributed by atoms with Crippen molar-refractivity contribution < 1.29 is 9.21 Å². The van der Waals surface area contributed by atoms with Gasteiger partial charge in [0.2, 0.25) is 5.91 Å². The van der Waals surface area contributed by atoms with Crippen LogP contribution in [0.25, 0.3) is 0 Å². The molecule has 2 aromatic rings. The molecular weight excluding hydrogens is 505 g/mol. The molecule has 1 aromatic carbocycles. The molecule has 0 aliphatic heterocycles. The molecular formula is C23H36IN5O2. The first-order chi connectivity index (χ1) is 14.5. The van der Waals surface area contributed by atoms with Gasteiger partial charge in [-0.2, -0.15) is 0 Å². The van der Waals surface area contributed by atoms with E-state index in [-0.39, 0.29) is 36.4 Å². The SMILES string of the molecule is CC(CCNC(=NCC(=O)N(C)C)NCCc1ccco1)N(C)Cc1ccccc1.I. The number of furan rings is 1. The van der Waals surface area contributed by atoms with E-state index in [2.05, 4.69) is 58.8 Å². The van der Waals surface area contributed by atoms with E-state index < -0.39 is 0 Å². The summed E-state index contributed by atoms with van der Waals surface area (Å²) in [6.45, 7) is 4.71. The summed E-state index contributed by atoms with van der Waals surface area (Å²) in [5, 5.41) is 6.64. The van der Waals surface area contributed by atoms with Crippen LogP contribution in [-0.4, -0.2) is 68.5 Å². The van der Waals surface area contributed by atoms with E-state index in [1.165, 1.54) is 5.56 Å². The van der Waals surface area contributed by atoms with Crippen molar-refractivity contribution in [2.24, 2.45) is 4.99 Å². The number of likely N-dealkylation sites (N-methyl/N-ethyl adjacent to an activating group) is 1. The van der Waals surface area contributed by atoms with Crippen LogP contribution in [0.15, 0.2) is 58.1 Å². The van der Waals surface area contributed by atoms with Crippen molar-refractivity contribution in [2.75, 3.05) is 40.8 Å². The van der Waals surface area contributed by atoms with Crippen LogP contribution in [0.2, 0.25) is 0 Å². The number of amides is 1. The number of aliphatic imine (C=N–C) groups is 1. The maximum atomic E-state index is 11.9. The Morgan fingerprint density at radius 1 is 1.06 bits per heavy atom. The van der Waals surface area contributed by atoms with Crippen LogP contribution in [0.4, 0.5) is 0 Å². The number of carbonyl (C=O) groups excluding carboxylic acids is 1. The zero-order valence-electron chi connectivity index (χ0n) is 19.0. The fourth-order valence-corrected chi connectivity index (χ4v) is 2.87. The molecule has 1 amide bonds. The van der Waals surface area contributed by atoms with E-state index in [4.69, 9.17) is 4.42 Å². The Hall–Kier alpha value is -2.07. The highest BCUT2D eigenvalue weighted by Crippen LogP contribution is 2.08. The van der Waals surface area contributed by atoms with E-state index in [0.29, 0.717) is 18.5 Å². The lowest BCUT2D eigenvalue weighted by Gasteiger charge is -2.25. The molecule has 0 bridgehead atoms. The molecule has 2 N–H and O–H groups in total. The number of carbonyl (C=O) groups is 1. The van der Waals surface area contributed by atoms with E-state index in [1.807, 2.05) is 18.2 Å². The largest absolute Gasteiger partial charge is 0.469 e. The van der Waals surface area contributed by atoms with E-state index in [1.54, 1.807) is 25.3 Å². The van der Waals surface area contributed by atoms with Crippen LogP contribution in [0.3, 0.4) is 0 Å². The Labute approximate surface area is 203 Å². The molecule has 1 heterocycles. The van der Waals surface area contributed by atoms with Crippen LogP contribution < -0.4 is 10.6 Å². The lowest BCUT2D eigenvalue weighted by molar-refractivity contribution is -0.127. The number of benzene rings is 1. The molecule has 7 nitrogen and oxygen atoms in total. The van der Waals surface area contributed by atoms with Crippen molar-refractivity contribution in [3.63, 3.8) is 0 Å². The second-order valence-corrected chi connectivity index (χ2v) is 7.67. The lowest BCUT2D eigenvalue weighted by Crippen LogP contribution is -2.41. The first kappa shape index (κ1) is 27.0. The molecule has 8 heteroatoms. The molecule has 2 rings (SSSR count). The molecule has 0 saturated heterocycles. The normalized spacial score (nSPS) is 12.2. The third kappa shape index (κ3) is 10.7. The second kappa shape index (κ2) is 14.9. The minimum Gasteiger partial charge on any atom is -0.469 e. The number of guanidine groups is 1. The Balaban J connectivity index is 0.00000480. The predicted molar refractivity (Wildman–Crippen MR) is 137 cm³/mol. The minimum atomic E-state index is -0.0295. The average molecular weight is 541 g/mol. The summed E-state index contributed by atoms with van der Waals surface area (Å²) in [6, 6.07) is 14.7. The molecule has 0 radical (unpaired) electrons. The maximum Gasteiger partial charge on any atom is 0.243 e. The molecule has 0 aliphatic carbocycles. The molecule has 0 fully saturated rings. The Bertz CT molecular complexity index is 766. The maximum absolute atomic E-state index is 11.9. The van der Waals surface area contributed by atoms with Crippen LogP contribution in [0.5, 0.6) is 0 Å². The predicted octanol–water partition coefficient (Wildman–Crippen LogP) is 2.97. The van der Waals surface area contributed by atoms with Gasteiger partial charge in [-0.1, -0.05) is 30.3 Å². The lowest BCUT2D eigenvalue weighted by atomic mass is 10.1. The van der Waals surface area contributed by atoms with Crippen molar-refractivity contribution in [2.45, 2.75) is 32.4 Å². The van der Waals surface area contributed by atoms with Crippen LogP contribution in [-0.2, 0) is 17.8 Å². The van der Waals surface area contributed by atoms with Crippen molar-refractivity contribution in [3.8, 4) is 0 Å². The summed E-state index contributed by atoms with van der Waals surface area (Å²) in [6.07, 6.45) is 3.39. The summed E-state index contributed by atoms with van der Waals surface area (Å²) in [4.78, 5) is 20.2. The third-order valence-corrected chi connectivity index (χ3v) is 5.00. The summed E-state index contributed by atoms with van der Waals surface area (Å²) in [7, 11) is 5.61. The zero-order valence-corrected chi connectivity index (χ0v) is 21.3. The van der Waals surface area contributed by atoms with Crippen molar-refractivity contribution in [1.82, 2.24) is 20.4 Å². The number of halogens is 1. The summed E-state index contributed by atoms with van der Waals surface area (Å²) in [5.41, 5.74) is 1.31. The van der Waals surface area contributed by atoms with Crippen molar-refractivity contribution in [3.05, 3.63) is 60.1 Å². The van der Waals surface area contributed by atoms with Gasteiger partial charge in [-0.25, -0.2) is 4.99 Å². The van der Waals surface area contributed by atoms with Gasteiger partial charge in [0.1, 0.15) is 12.3 Å².